The zero-order chi connectivity index (χ0) is 27.1. The van der Waals surface area contributed by atoms with Crippen LogP contribution in [0.5, 0.6) is 0 Å². The average molecular weight is 513 g/mol. The van der Waals surface area contributed by atoms with Crippen molar-refractivity contribution in [3.63, 3.8) is 0 Å². The fourth-order valence-corrected chi connectivity index (χ4v) is 4.68. The topological polar surface area (TPSA) is 51.2 Å². The van der Waals surface area contributed by atoms with Gasteiger partial charge in [0.05, 0.1) is 11.2 Å². The molecule has 1 aromatic rings. The minimum atomic E-state index is -1.53. The van der Waals surface area contributed by atoms with E-state index < -0.39 is 32.0 Å². The smallest absolute Gasteiger partial charge is 0.444 e. The Labute approximate surface area is 220 Å². The molecule has 2 saturated heterocycles. The number of nitrogens with zero attached hydrogens (tertiary/aromatic N) is 2. The van der Waals surface area contributed by atoms with Gasteiger partial charge in [0.1, 0.15) is 13.7 Å². The van der Waals surface area contributed by atoms with Gasteiger partial charge in [-0.25, -0.2) is 4.79 Å². The molecule has 6 nitrogen and oxygen atoms in total. The first-order valence-corrected chi connectivity index (χ1v) is 16.6. The van der Waals surface area contributed by atoms with Crippen LogP contribution in [0.3, 0.4) is 0 Å². The largest absolute Gasteiger partial charge is 0.495 e. The number of ether oxygens (including phenoxy) is 1. The van der Waals surface area contributed by atoms with E-state index in [0.29, 0.717) is 13.1 Å². The Bertz CT molecular complexity index is 1020. The van der Waals surface area contributed by atoms with Crippen molar-refractivity contribution in [3.8, 4) is 11.5 Å². The van der Waals surface area contributed by atoms with E-state index in [1.54, 1.807) is 4.90 Å². The Morgan fingerprint density at radius 1 is 1.06 bits per heavy atom. The number of carbonyl (C=O) groups excluding carboxylic acids is 1. The first-order chi connectivity index (χ1) is 16.4. The molecule has 8 heteroatoms. The number of piperazine rings is 1. The second-order valence-electron chi connectivity index (χ2n) is 13.2. The van der Waals surface area contributed by atoms with Crippen LogP contribution in [0.1, 0.15) is 65.2 Å². The van der Waals surface area contributed by atoms with Crippen LogP contribution in [0.4, 0.5) is 4.79 Å². The monoisotopic (exact) mass is 512 g/mol. The average Bonchev–Trinajstić information content (AvgIpc) is 2.94. The number of amides is 1. The van der Waals surface area contributed by atoms with Gasteiger partial charge in [0.2, 0.25) is 0 Å². The van der Waals surface area contributed by atoms with E-state index in [1.165, 1.54) is 11.1 Å². The molecule has 0 aromatic heterocycles. The Morgan fingerprint density at radius 3 is 2.11 bits per heavy atom. The predicted molar refractivity (Wildman–Crippen MR) is 150 cm³/mol. The molecule has 0 N–H and O–H groups in total. The quantitative estimate of drug-likeness (QED) is 0.439. The van der Waals surface area contributed by atoms with Crippen LogP contribution in [0.2, 0.25) is 19.6 Å². The van der Waals surface area contributed by atoms with E-state index in [0.717, 1.165) is 30.7 Å². The summed E-state index contributed by atoms with van der Waals surface area (Å²) in [5.41, 5.74) is 6.71. The van der Waals surface area contributed by atoms with E-state index in [2.05, 4.69) is 82.8 Å². The van der Waals surface area contributed by atoms with E-state index in [1.807, 2.05) is 20.8 Å². The third-order valence-electron chi connectivity index (χ3n) is 7.06. The van der Waals surface area contributed by atoms with E-state index in [9.17, 15) is 4.79 Å². The van der Waals surface area contributed by atoms with Crippen molar-refractivity contribution in [2.75, 3.05) is 26.2 Å². The van der Waals surface area contributed by atoms with E-state index >= 15 is 0 Å². The lowest BCUT2D eigenvalue weighted by atomic mass is 9.74. The number of carbonyl (C=O) groups is 1. The second-order valence-corrected chi connectivity index (χ2v) is 17.9. The standard InChI is InChI=1S/C28H45BN2O4Si/c1-21-23(20-30-13-15-31(16-14-30)25(32)33-26(2,3)4)18-22(12-17-36(9,10)11)19-24(21)29-34-27(5,6)28(7,8)35-29/h18-19H,13-16,20H2,1-11H3. The van der Waals surface area contributed by atoms with Gasteiger partial charge in [-0.15, -0.1) is 5.54 Å². The minimum absolute atomic E-state index is 0.231. The summed E-state index contributed by atoms with van der Waals surface area (Å²) < 4.78 is 18.4. The SMILES string of the molecule is Cc1c(CN2CCN(C(=O)OC(C)(C)C)CC2)cc(C#C[Si](C)(C)C)cc1B1OC(C)(C)C(C)(C)O1. The van der Waals surface area contributed by atoms with Gasteiger partial charge < -0.3 is 18.9 Å². The molecule has 0 unspecified atom stereocenters. The number of hydrogen-bond acceptors (Lipinski definition) is 5. The van der Waals surface area contributed by atoms with E-state index in [-0.39, 0.29) is 6.09 Å². The van der Waals surface area contributed by atoms with Crippen molar-refractivity contribution in [1.29, 1.82) is 0 Å². The predicted octanol–water partition coefficient (Wildman–Crippen LogP) is 4.58. The summed E-state index contributed by atoms with van der Waals surface area (Å²) in [5, 5.41) is 0. The molecule has 0 bridgehead atoms. The molecule has 0 atom stereocenters. The van der Waals surface area contributed by atoms with Gasteiger partial charge in [0.15, 0.2) is 0 Å². The van der Waals surface area contributed by atoms with Gasteiger partial charge in [0, 0.05) is 38.3 Å². The maximum Gasteiger partial charge on any atom is 0.495 e. The first-order valence-electron chi connectivity index (χ1n) is 13.1. The summed E-state index contributed by atoms with van der Waals surface area (Å²) in [6.07, 6.45) is -0.231. The highest BCUT2D eigenvalue weighted by Crippen LogP contribution is 2.37. The number of benzene rings is 1. The normalized spacial score (nSPS) is 20.2. The van der Waals surface area contributed by atoms with Crippen LogP contribution < -0.4 is 5.46 Å². The molecular formula is C28H45BN2O4Si. The third kappa shape index (κ3) is 7.16. The molecule has 1 aromatic carbocycles. The highest BCUT2D eigenvalue weighted by Gasteiger charge is 2.52. The van der Waals surface area contributed by atoms with Crippen molar-refractivity contribution in [1.82, 2.24) is 9.80 Å². The van der Waals surface area contributed by atoms with Crippen LogP contribution in [0.15, 0.2) is 12.1 Å². The zero-order valence-corrected chi connectivity index (χ0v) is 25.3. The molecule has 2 aliphatic rings. The minimum Gasteiger partial charge on any atom is -0.444 e. The lowest BCUT2D eigenvalue weighted by molar-refractivity contribution is 0.00578. The van der Waals surface area contributed by atoms with Crippen molar-refractivity contribution in [3.05, 3.63) is 28.8 Å². The van der Waals surface area contributed by atoms with Crippen LogP contribution in [0.25, 0.3) is 0 Å². The Hall–Kier alpha value is -1.79. The lowest BCUT2D eigenvalue weighted by Gasteiger charge is -2.36. The van der Waals surface area contributed by atoms with Crippen molar-refractivity contribution < 1.29 is 18.8 Å². The molecule has 2 heterocycles. The third-order valence-corrected chi connectivity index (χ3v) is 7.94. The first kappa shape index (κ1) is 28.8. The zero-order valence-electron chi connectivity index (χ0n) is 24.3. The summed E-state index contributed by atoms with van der Waals surface area (Å²) in [7, 11) is -1.95. The highest BCUT2D eigenvalue weighted by atomic mass is 28.3. The number of hydrogen-bond donors (Lipinski definition) is 0. The maximum atomic E-state index is 12.5. The van der Waals surface area contributed by atoms with E-state index in [4.69, 9.17) is 14.0 Å². The van der Waals surface area contributed by atoms with Crippen LogP contribution >= 0.6 is 0 Å². The van der Waals surface area contributed by atoms with Crippen LogP contribution in [-0.2, 0) is 20.6 Å². The molecule has 0 aliphatic carbocycles. The van der Waals surface area contributed by atoms with Crippen LogP contribution in [0, 0.1) is 18.4 Å². The van der Waals surface area contributed by atoms with Crippen LogP contribution in [-0.4, -0.2) is 74.1 Å². The summed E-state index contributed by atoms with van der Waals surface area (Å²) in [6, 6.07) is 4.37. The van der Waals surface area contributed by atoms with Crippen molar-refractivity contribution >= 4 is 26.7 Å². The maximum absolute atomic E-state index is 12.5. The second kappa shape index (κ2) is 10.2. The number of rotatable bonds is 3. The van der Waals surface area contributed by atoms with Gasteiger partial charge in [0.25, 0.3) is 0 Å². The summed E-state index contributed by atoms with van der Waals surface area (Å²) in [5.74, 6) is 3.45. The van der Waals surface area contributed by atoms with Gasteiger partial charge >= 0.3 is 13.2 Å². The van der Waals surface area contributed by atoms with Crippen molar-refractivity contribution in [2.45, 2.75) is 98.4 Å². The molecular weight excluding hydrogens is 467 g/mol. The summed E-state index contributed by atoms with van der Waals surface area (Å²) >= 11 is 0. The summed E-state index contributed by atoms with van der Waals surface area (Å²) in [4.78, 5) is 16.7. The van der Waals surface area contributed by atoms with Gasteiger partial charge in [-0.1, -0.05) is 25.6 Å². The van der Waals surface area contributed by atoms with Gasteiger partial charge in [-0.3, -0.25) is 4.90 Å². The summed E-state index contributed by atoms with van der Waals surface area (Å²) in [6.45, 7) is 26.7. The van der Waals surface area contributed by atoms with Crippen molar-refractivity contribution in [2.24, 2.45) is 0 Å². The molecule has 3 rings (SSSR count). The molecule has 36 heavy (non-hydrogen) atoms. The molecule has 2 aliphatic heterocycles. The molecule has 1 amide bonds. The fourth-order valence-electron chi connectivity index (χ4n) is 4.17. The van der Waals surface area contributed by atoms with Gasteiger partial charge in [-0.2, -0.15) is 0 Å². The molecule has 0 saturated carbocycles. The molecule has 0 spiro atoms. The van der Waals surface area contributed by atoms with Gasteiger partial charge in [-0.05, 0) is 84.1 Å². The molecule has 198 valence electrons. The Kier molecular flexibility index (Phi) is 8.13. The Balaban J connectivity index is 1.84. The highest BCUT2D eigenvalue weighted by molar-refractivity contribution is 6.83. The Morgan fingerprint density at radius 2 is 1.61 bits per heavy atom. The lowest BCUT2D eigenvalue weighted by Crippen LogP contribution is -2.49. The fraction of sp³-hybridized carbons (Fsp3) is 0.679. The molecule has 0 radical (unpaired) electrons. The molecule has 2 fully saturated rings.